The lowest BCUT2D eigenvalue weighted by molar-refractivity contribution is -0.135. The first-order valence-corrected chi connectivity index (χ1v) is 5.80. The number of carboxylic acid groups (broad SMARTS) is 1. The summed E-state index contributed by atoms with van der Waals surface area (Å²) < 4.78 is 0. The van der Waals surface area contributed by atoms with Gasteiger partial charge in [0, 0.05) is 6.54 Å². The number of carboxylic acids is 1. The van der Waals surface area contributed by atoms with Crippen LogP contribution in [0.5, 0.6) is 0 Å². The molecule has 0 unspecified atom stereocenters. The van der Waals surface area contributed by atoms with E-state index in [0.29, 0.717) is 29.7 Å². The highest BCUT2D eigenvalue weighted by molar-refractivity contribution is 5.74. The fourth-order valence-electron chi connectivity index (χ4n) is 1.78. The van der Waals surface area contributed by atoms with E-state index >= 15 is 0 Å². The molecule has 94 valence electrons. The molecule has 18 heavy (non-hydrogen) atoms. The highest BCUT2D eigenvalue weighted by Crippen LogP contribution is 2.31. The maximum Gasteiger partial charge on any atom is 0.323 e. The molecule has 1 aliphatic rings. The third-order valence-corrected chi connectivity index (χ3v) is 2.81. The van der Waals surface area contributed by atoms with Crippen LogP contribution in [0.1, 0.15) is 24.2 Å². The Morgan fingerprint density at radius 1 is 1.67 bits per heavy atom. The Morgan fingerprint density at radius 3 is 2.94 bits per heavy atom. The zero-order valence-corrected chi connectivity index (χ0v) is 10.1. The maximum absolute atomic E-state index is 10.9. The molecular formula is C12H14N4O2. The first-order chi connectivity index (χ1) is 8.60. The lowest BCUT2D eigenvalue weighted by atomic mass is 10.2. The van der Waals surface area contributed by atoms with E-state index in [1.165, 1.54) is 6.20 Å². The normalized spacial score (nSPS) is 14.0. The molecule has 1 heterocycles. The first kappa shape index (κ1) is 12.3. The van der Waals surface area contributed by atoms with E-state index in [2.05, 4.69) is 9.97 Å². The second-order valence-corrected chi connectivity index (χ2v) is 4.48. The number of nitriles is 1. The smallest absolute Gasteiger partial charge is 0.323 e. The van der Waals surface area contributed by atoms with Crippen molar-refractivity contribution in [2.75, 3.05) is 18.0 Å². The number of aromatic nitrogens is 2. The number of hydrogen-bond donors (Lipinski definition) is 1. The summed E-state index contributed by atoms with van der Waals surface area (Å²) in [6, 6.07) is 2.01. The van der Waals surface area contributed by atoms with E-state index in [1.807, 2.05) is 6.07 Å². The summed E-state index contributed by atoms with van der Waals surface area (Å²) in [6.45, 7) is 2.22. The maximum atomic E-state index is 10.9. The number of hydrogen-bond acceptors (Lipinski definition) is 5. The van der Waals surface area contributed by atoms with Crippen molar-refractivity contribution >= 4 is 11.8 Å². The number of rotatable bonds is 5. The zero-order chi connectivity index (χ0) is 13.1. The molecule has 0 aliphatic heterocycles. The third kappa shape index (κ3) is 2.94. The largest absolute Gasteiger partial charge is 0.480 e. The number of aryl methyl sites for hydroxylation is 1. The predicted octanol–water partition coefficient (Wildman–Crippen LogP) is 0.958. The van der Waals surface area contributed by atoms with Crippen LogP contribution < -0.4 is 4.90 Å². The molecule has 6 nitrogen and oxygen atoms in total. The molecule has 0 atom stereocenters. The number of anilines is 1. The molecule has 0 spiro atoms. The van der Waals surface area contributed by atoms with Crippen LogP contribution in [0.2, 0.25) is 0 Å². The average molecular weight is 246 g/mol. The Hall–Kier alpha value is -2.16. The highest BCUT2D eigenvalue weighted by Gasteiger charge is 2.27. The van der Waals surface area contributed by atoms with Crippen molar-refractivity contribution in [2.24, 2.45) is 5.92 Å². The van der Waals surface area contributed by atoms with Crippen molar-refractivity contribution in [2.45, 2.75) is 19.8 Å². The van der Waals surface area contributed by atoms with Crippen LogP contribution in [-0.4, -0.2) is 34.1 Å². The third-order valence-electron chi connectivity index (χ3n) is 2.81. The van der Waals surface area contributed by atoms with Crippen LogP contribution in [0.4, 0.5) is 5.82 Å². The molecule has 0 amide bonds. The van der Waals surface area contributed by atoms with Gasteiger partial charge in [-0.25, -0.2) is 9.97 Å². The molecule has 1 fully saturated rings. The Bertz CT molecular complexity index is 505. The van der Waals surface area contributed by atoms with Gasteiger partial charge in [-0.15, -0.1) is 0 Å². The van der Waals surface area contributed by atoms with Gasteiger partial charge in [-0.3, -0.25) is 4.79 Å². The van der Waals surface area contributed by atoms with Crippen LogP contribution in [0, 0.1) is 24.2 Å². The molecule has 0 radical (unpaired) electrons. The second kappa shape index (κ2) is 5.00. The first-order valence-electron chi connectivity index (χ1n) is 5.80. The SMILES string of the molecule is Cc1ncc(C#N)c(N(CC(=O)O)CC2CC2)n1. The second-order valence-electron chi connectivity index (χ2n) is 4.48. The van der Waals surface area contributed by atoms with Crippen molar-refractivity contribution in [3.63, 3.8) is 0 Å². The molecule has 1 aliphatic carbocycles. The fourth-order valence-corrected chi connectivity index (χ4v) is 1.78. The summed E-state index contributed by atoms with van der Waals surface area (Å²) in [5.74, 6) is 0.566. The number of nitrogens with zero attached hydrogens (tertiary/aromatic N) is 4. The Labute approximate surface area is 105 Å². The molecular weight excluding hydrogens is 232 g/mol. The predicted molar refractivity (Wildman–Crippen MR) is 64.1 cm³/mol. The van der Waals surface area contributed by atoms with E-state index in [-0.39, 0.29) is 6.54 Å². The van der Waals surface area contributed by atoms with E-state index in [0.717, 1.165) is 12.8 Å². The van der Waals surface area contributed by atoms with Gasteiger partial charge < -0.3 is 10.0 Å². The van der Waals surface area contributed by atoms with Crippen molar-refractivity contribution in [3.05, 3.63) is 17.6 Å². The Morgan fingerprint density at radius 2 is 2.39 bits per heavy atom. The van der Waals surface area contributed by atoms with Gasteiger partial charge in [0.25, 0.3) is 0 Å². The average Bonchev–Trinajstić information content (AvgIpc) is 3.11. The monoisotopic (exact) mass is 246 g/mol. The number of carbonyl (C=O) groups is 1. The van der Waals surface area contributed by atoms with Gasteiger partial charge in [-0.05, 0) is 25.7 Å². The van der Waals surface area contributed by atoms with E-state index in [1.54, 1.807) is 11.8 Å². The van der Waals surface area contributed by atoms with Gasteiger partial charge in [-0.2, -0.15) is 5.26 Å². The molecule has 0 bridgehead atoms. The van der Waals surface area contributed by atoms with Crippen molar-refractivity contribution < 1.29 is 9.90 Å². The molecule has 2 rings (SSSR count). The summed E-state index contributed by atoms with van der Waals surface area (Å²) in [5, 5.41) is 18.0. The minimum absolute atomic E-state index is 0.137. The lowest BCUT2D eigenvalue weighted by Crippen LogP contribution is -2.33. The van der Waals surface area contributed by atoms with E-state index in [9.17, 15) is 4.79 Å². The summed E-state index contributed by atoms with van der Waals surface area (Å²) in [5.41, 5.74) is 0.322. The standard InChI is InChI=1S/C12H14N4O2/c1-8-14-5-10(4-13)12(15-8)16(7-11(17)18)6-9-2-3-9/h5,9H,2-3,6-7H2,1H3,(H,17,18). The molecule has 1 aromatic rings. The summed E-state index contributed by atoms with van der Waals surface area (Å²) in [6.07, 6.45) is 3.67. The summed E-state index contributed by atoms with van der Waals surface area (Å²) in [7, 11) is 0. The fraction of sp³-hybridized carbons (Fsp3) is 0.500. The minimum Gasteiger partial charge on any atom is -0.480 e. The van der Waals surface area contributed by atoms with Crippen LogP contribution in [0.3, 0.4) is 0 Å². The van der Waals surface area contributed by atoms with Crippen LogP contribution in [0.15, 0.2) is 6.20 Å². The molecule has 1 saturated carbocycles. The zero-order valence-electron chi connectivity index (χ0n) is 10.1. The van der Waals surface area contributed by atoms with Gasteiger partial charge in [-0.1, -0.05) is 0 Å². The Balaban J connectivity index is 2.30. The van der Waals surface area contributed by atoms with Gasteiger partial charge in [0.05, 0.1) is 6.20 Å². The number of aliphatic carboxylic acids is 1. The molecule has 0 saturated heterocycles. The van der Waals surface area contributed by atoms with Gasteiger partial charge in [0.2, 0.25) is 0 Å². The molecule has 6 heteroatoms. The minimum atomic E-state index is -0.921. The van der Waals surface area contributed by atoms with Gasteiger partial charge >= 0.3 is 5.97 Å². The van der Waals surface area contributed by atoms with Crippen molar-refractivity contribution in [1.82, 2.24) is 9.97 Å². The molecule has 1 aromatic heterocycles. The highest BCUT2D eigenvalue weighted by atomic mass is 16.4. The quantitative estimate of drug-likeness (QED) is 0.832. The van der Waals surface area contributed by atoms with Crippen LogP contribution in [-0.2, 0) is 4.79 Å². The summed E-state index contributed by atoms with van der Waals surface area (Å²) in [4.78, 5) is 20.7. The van der Waals surface area contributed by atoms with Crippen LogP contribution >= 0.6 is 0 Å². The van der Waals surface area contributed by atoms with Gasteiger partial charge in [0.15, 0.2) is 5.82 Å². The van der Waals surface area contributed by atoms with Crippen LogP contribution in [0.25, 0.3) is 0 Å². The topological polar surface area (TPSA) is 90.1 Å². The summed E-state index contributed by atoms with van der Waals surface area (Å²) >= 11 is 0. The molecule has 0 aromatic carbocycles. The van der Waals surface area contributed by atoms with E-state index < -0.39 is 5.97 Å². The van der Waals surface area contributed by atoms with Crippen molar-refractivity contribution in [3.8, 4) is 6.07 Å². The Kier molecular flexibility index (Phi) is 3.42. The molecule has 1 N–H and O–H groups in total. The van der Waals surface area contributed by atoms with Crippen molar-refractivity contribution in [1.29, 1.82) is 5.26 Å². The lowest BCUT2D eigenvalue weighted by Gasteiger charge is -2.22. The van der Waals surface area contributed by atoms with E-state index in [4.69, 9.17) is 10.4 Å². The van der Waals surface area contributed by atoms with Gasteiger partial charge in [0.1, 0.15) is 24.0 Å².